The van der Waals surface area contributed by atoms with E-state index in [2.05, 4.69) is 180 Å². The third-order valence-corrected chi connectivity index (χ3v) is 13.6. The zero-order chi connectivity index (χ0) is 39.1. The van der Waals surface area contributed by atoms with Crippen LogP contribution in [0.4, 0.5) is 0 Å². The Labute approximate surface area is 345 Å². The highest BCUT2D eigenvalue weighted by atomic mass is 32.1. The molecule has 0 spiro atoms. The summed E-state index contributed by atoms with van der Waals surface area (Å²) in [5, 5.41) is 12.4. The SMILES string of the molecule is c1ccc(-c2ccc3oc4c(c3c2)c2ccccc2c2c3ccccc3n(-c3nc(-c5ccc6c(c5)oc5ccc7ccccc7c56)c5sc6ccccc6c5n3)c42)cc1. The van der Waals surface area contributed by atoms with E-state index < -0.39 is 0 Å². The highest BCUT2D eigenvalue weighted by molar-refractivity contribution is 7.26. The summed E-state index contributed by atoms with van der Waals surface area (Å²) in [7, 11) is 0. The van der Waals surface area contributed by atoms with Gasteiger partial charge in [-0.1, -0.05) is 133 Å². The Hall–Kier alpha value is -7.80. The summed E-state index contributed by atoms with van der Waals surface area (Å²) in [6, 6.07) is 62.2. The predicted molar refractivity (Wildman–Crippen MR) is 250 cm³/mol. The minimum atomic E-state index is 0.588. The van der Waals surface area contributed by atoms with Crippen molar-refractivity contribution < 1.29 is 8.83 Å². The number of fused-ring (bicyclic) bond motifs is 18. The standard InChI is InChI=1S/C54H29N3O2S/c1-2-12-30(13-3-1)32-24-26-42-40(28-32)48-36-17-7-6-16-35(36)47-37-18-8-10-20-41(37)57(51(47)52(48)59-42)54-55-49(53-50(56-54)39-19-9-11-21-45(39)60-53)33-22-25-38-44(29-33)58-43-27-23-31-14-4-5-15-34(31)46(38)43/h1-29H. The van der Waals surface area contributed by atoms with Crippen molar-refractivity contribution in [3.8, 4) is 28.3 Å². The van der Waals surface area contributed by atoms with Gasteiger partial charge in [0.05, 0.1) is 21.4 Å². The molecule has 0 fully saturated rings. The van der Waals surface area contributed by atoms with Crippen LogP contribution in [0.3, 0.4) is 0 Å². The Kier molecular flexibility index (Phi) is 6.38. The summed E-state index contributed by atoms with van der Waals surface area (Å²) in [6.07, 6.45) is 0. The molecule has 0 aliphatic heterocycles. The largest absolute Gasteiger partial charge is 0.456 e. The first-order valence-electron chi connectivity index (χ1n) is 20.1. The van der Waals surface area contributed by atoms with Crippen LogP contribution in [0.5, 0.6) is 0 Å². The number of benzene rings is 9. The lowest BCUT2D eigenvalue weighted by Gasteiger charge is -2.11. The molecule has 0 unspecified atom stereocenters. The van der Waals surface area contributed by atoms with Gasteiger partial charge >= 0.3 is 0 Å². The molecule has 0 bridgehead atoms. The van der Waals surface area contributed by atoms with Crippen molar-refractivity contribution in [3.63, 3.8) is 0 Å². The molecule has 60 heavy (non-hydrogen) atoms. The Morgan fingerprint density at radius 2 is 1.15 bits per heavy atom. The second kappa shape index (κ2) is 11.9. The van der Waals surface area contributed by atoms with Gasteiger partial charge < -0.3 is 8.83 Å². The van der Waals surface area contributed by atoms with Crippen LogP contribution in [0.25, 0.3) is 136 Å². The molecule has 14 aromatic rings. The van der Waals surface area contributed by atoms with Gasteiger partial charge in [-0.05, 0) is 75.1 Å². The third-order valence-electron chi connectivity index (χ3n) is 12.4. The molecule has 0 saturated carbocycles. The first-order chi connectivity index (χ1) is 29.7. The van der Waals surface area contributed by atoms with Crippen LogP contribution in [0.1, 0.15) is 0 Å². The molecule has 0 atom stereocenters. The summed E-state index contributed by atoms with van der Waals surface area (Å²) in [4.78, 5) is 11.1. The van der Waals surface area contributed by atoms with E-state index in [1.54, 1.807) is 11.3 Å². The van der Waals surface area contributed by atoms with Gasteiger partial charge in [0.1, 0.15) is 22.3 Å². The van der Waals surface area contributed by atoms with Crippen LogP contribution >= 0.6 is 11.3 Å². The van der Waals surface area contributed by atoms with Gasteiger partial charge in [-0.2, -0.15) is 0 Å². The molecule has 0 amide bonds. The first-order valence-corrected chi connectivity index (χ1v) is 21.0. The number of rotatable bonds is 3. The highest BCUT2D eigenvalue weighted by Crippen LogP contribution is 2.47. The van der Waals surface area contributed by atoms with Gasteiger partial charge in [0.25, 0.3) is 0 Å². The normalized spacial score (nSPS) is 12.3. The second-order valence-corrected chi connectivity index (χ2v) is 16.7. The Bertz CT molecular complexity index is 4130. The Morgan fingerprint density at radius 1 is 0.433 bits per heavy atom. The lowest BCUT2D eigenvalue weighted by Crippen LogP contribution is -2.03. The molecule has 9 aromatic carbocycles. The smallest absolute Gasteiger partial charge is 0.236 e. The predicted octanol–water partition coefficient (Wildman–Crippen LogP) is 15.4. The van der Waals surface area contributed by atoms with E-state index in [0.717, 1.165) is 109 Å². The second-order valence-electron chi connectivity index (χ2n) is 15.6. The molecule has 6 heteroatoms. The van der Waals surface area contributed by atoms with E-state index in [1.165, 1.54) is 21.0 Å². The van der Waals surface area contributed by atoms with Crippen molar-refractivity contribution in [1.82, 2.24) is 14.5 Å². The Morgan fingerprint density at radius 3 is 2.03 bits per heavy atom. The molecule has 5 aromatic heterocycles. The molecule has 5 heterocycles. The fourth-order valence-electron chi connectivity index (χ4n) is 9.76. The van der Waals surface area contributed by atoms with Crippen molar-refractivity contribution in [1.29, 1.82) is 0 Å². The van der Waals surface area contributed by atoms with Gasteiger partial charge in [-0.3, -0.25) is 4.57 Å². The highest BCUT2D eigenvalue weighted by Gasteiger charge is 2.26. The fourth-order valence-corrected chi connectivity index (χ4v) is 10.9. The molecule has 14 rings (SSSR count). The van der Waals surface area contributed by atoms with Gasteiger partial charge in [0.2, 0.25) is 5.95 Å². The topological polar surface area (TPSA) is 57.0 Å². The first kappa shape index (κ1) is 32.2. The van der Waals surface area contributed by atoms with E-state index in [4.69, 9.17) is 18.8 Å². The maximum atomic E-state index is 7.03. The molecule has 0 N–H and O–H groups in total. The molecule has 0 aliphatic rings. The maximum Gasteiger partial charge on any atom is 0.236 e. The van der Waals surface area contributed by atoms with Crippen LogP contribution in [-0.4, -0.2) is 14.5 Å². The number of nitrogens with zero attached hydrogens (tertiary/aromatic N) is 3. The Balaban J connectivity index is 1.11. The van der Waals surface area contributed by atoms with Crippen LogP contribution in [0.15, 0.2) is 185 Å². The number of hydrogen-bond donors (Lipinski definition) is 0. The molecule has 0 aliphatic carbocycles. The number of aromatic nitrogens is 3. The summed E-state index contributed by atoms with van der Waals surface area (Å²) in [6.45, 7) is 0. The zero-order valence-electron chi connectivity index (χ0n) is 31.8. The van der Waals surface area contributed by atoms with Crippen LogP contribution in [0, 0.1) is 0 Å². The number of furan rings is 2. The van der Waals surface area contributed by atoms with Crippen molar-refractivity contribution in [2.45, 2.75) is 0 Å². The lowest BCUT2D eigenvalue weighted by atomic mass is 9.97. The van der Waals surface area contributed by atoms with Crippen LogP contribution in [0.2, 0.25) is 0 Å². The summed E-state index contributed by atoms with van der Waals surface area (Å²) in [5.74, 6) is 0.588. The van der Waals surface area contributed by atoms with E-state index in [0.29, 0.717) is 5.95 Å². The lowest BCUT2D eigenvalue weighted by molar-refractivity contribution is 0.669. The van der Waals surface area contributed by atoms with Crippen molar-refractivity contribution >= 4 is 119 Å². The van der Waals surface area contributed by atoms with Crippen LogP contribution in [-0.2, 0) is 0 Å². The molecule has 278 valence electrons. The molecule has 5 nitrogen and oxygen atoms in total. The zero-order valence-corrected chi connectivity index (χ0v) is 32.6. The van der Waals surface area contributed by atoms with E-state index in [-0.39, 0.29) is 0 Å². The molecule has 0 radical (unpaired) electrons. The molecule has 0 saturated heterocycles. The van der Waals surface area contributed by atoms with Crippen LogP contribution < -0.4 is 0 Å². The summed E-state index contributed by atoms with van der Waals surface area (Å²) >= 11 is 1.73. The van der Waals surface area contributed by atoms with E-state index >= 15 is 0 Å². The molecular weight excluding hydrogens is 755 g/mol. The average molecular weight is 784 g/mol. The van der Waals surface area contributed by atoms with Gasteiger partial charge in [-0.25, -0.2) is 9.97 Å². The minimum absolute atomic E-state index is 0.588. The maximum absolute atomic E-state index is 7.03. The number of thiophene rings is 1. The summed E-state index contributed by atoms with van der Waals surface area (Å²) < 4.78 is 18.1. The molecular formula is C54H29N3O2S. The van der Waals surface area contributed by atoms with Gasteiger partial charge in [0, 0.05) is 48.0 Å². The van der Waals surface area contributed by atoms with E-state index in [1.807, 2.05) is 0 Å². The quantitative estimate of drug-likeness (QED) is 0.179. The monoisotopic (exact) mass is 783 g/mol. The average Bonchev–Trinajstić information content (AvgIpc) is 4.08. The van der Waals surface area contributed by atoms with Crippen molar-refractivity contribution in [3.05, 3.63) is 176 Å². The number of hydrogen-bond acceptors (Lipinski definition) is 5. The van der Waals surface area contributed by atoms with Crippen molar-refractivity contribution in [2.24, 2.45) is 0 Å². The third kappa shape index (κ3) is 4.35. The van der Waals surface area contributed by atoms with Gasteiger partial charge in [-0.15, -0.1) is 11.3 Å². The van der Waals surface area contributed by atoms with Crippen molar-refractivity contribution in [2.75, 3.05) is 0 Å². The van der Waals surface area contributed by atoms with E-state index in [9.17, 15) is 0 Å². The minimum Gasteiger partial charge on any atom is -0.456 e. The summed E-state index contributed by atoms with van der Waals surface area (Å²) in [5.41, 5.74) is 10.4. The fraction of sp³-hybridized carbons (Fsp3) is 0. The van der Waals surface area contributed by atoms with Gasteiger partial charge in [0.15, 0.2) is 5.58 Å². The number of para-hydroxylation sites is 1.